The summed E-state index contributed by atoms with van der Waals surface area (Å²) >= 11 is 1.58. The average Bonchev–Trinajstić information content (AvgIpc) is 2.77. The van der Waals surface area contributed by atoms with Crippen molar-refractivity contribution in [3.8, 4) is 0 Å². The van der Waals surface area contributed by atoms with E-state index in [1.807, 2.05) is 17.5 Å². The van der Waals surface area contributed by atoms with Crippen molar-refractivity contribution in [2.45, 2.75) is 37.3 Å². The Balaban J connectivity index is 2.19. The first kappa shape index (κ1) is 13.9. The lowest BCUT2D eigenvalue weighted by Gasteiger charge is -2.21. The Bertz CT molecular complexity index is 320. The molecule has 4 heteroatoms. The zero-order chi connectivity index (χ0) is 12.0. The van der Waals surface area contributed by atoms with Gasteiger partial charge in [0.15, 0.2) is 0 Å². The Kier molecular flexibility index (Phi) is 5.66. The van der Waals surface area contributed by atoms with Crippen LogP contribution in [0, 0.1) is 5.41 Å². The second-order valence-electron chi connectivity index (χ2n) is 4.81. The summed E-state index contributed by atoms with van der Waals surface area (Å²) in [5.74, 6) is 0.779. The maximum absolute atomic E-state index is 11.8. The van der Waals surface area contributed by atoms with Gasteiger partial charge in [-0.2, -0.15) is 0 Å². The van der Waals surface area contributed by atoms with Crippen molar-refractivity contribution in [2.75, 3.05) is 12.3 Å². The van der Waals surface area contributed by atoms with Gasteiger partial charge < -0.3 is 5.73 Å². The number of thiophene rings is 1. The van der Waals surface area contributed by atoms with Gasteiger partial charge in [-0.25, -0.2) is 0 Å². The number of rotatable bonds is 7. The number of hydrogen-bond donors (Lipinski definition) is 1. The lowest BCUT2D eigenvalue weighted by Crippen LogP contribution is -2.23. The molecule has 1 heterocycles. The van der Waals surface area contributed by atoms with E-state index in [0.717, 1.165) is 35.8 Å². The van der Waals surface area contributed by atoms with Crippen molar-refractivity contribution in [1.29, 1.82) is 0 Å². The van der Waals surface area contributed by atoms with Gasteiger partial charge in [-0.05, 0) is 36.2 Å². The number of hydrogen-bond acceptors (Lipinski definition) is 3. The summed E-state index contributed by atoms with van der Waals surface area (Å²) in [4.78, 5) is 0. The van der Waals surface area contributed by atoms with Gasteiger partial charge in [0, 0.05) is 5.75 Å². The molecule has 2 N–H and O–H groups in total. The standard InChI is InChI=1S/C12H21NOS2/c1-12(2,10-13)7-3-4-9-16(14)11-6-5-8-15-11/h5-6,8H,3-4,7,9-10,13H2,1-2H3. The van der Waals surface area contributed by atoms with Gasteiger partial charge in [0.25, 0.3) is 0 Å². The van der Waals surface area contributed by atoms with Crippen molar-refractivity contribution >= 4 is 22.1 Å². The highest BCUT2D eigenvalue weighted by Gasteiger charge is 2.14. The number of nitrogens with two attached hydrogens (primary N) is 1. The van der Waals surface area contributed by atoms with Crippen LogP contribution in [0.15, 0.2) is 21.7 Å². The highest BCUT2D eigenvalue weighted by molar-refractivity contribution is 7.87. The van der Waals surface area contributed by atoms with Crippen LogP contribution in [0.2, 0.25) is 0 Å². The van der Waals surface area contributed by atoms with E-state index < -0.39 is 10.8 Å². The van der Waals surface area contributed by atoms with Crippen LogP contribution >= 0.6 is 11.3 Å². The zero-order valence-corrected chi connectivity index (χ0v) is 11.7. The summed E-state index contributed by atoms with van der Waals surface area (Å²) in [6.07, 6.45) is 3.25. The summed E-state index contributed by atoms with van der Waals surface area (Å²) in [7, 11) is -0.795. The summed E-state index contributed by atoms with van der Waals surface area (Å²) < 4.78 is 12.8. The molecule has 0 radical (unpaired) electrons. The molecule has 92 valence electrons. The summed E-state index contributed by atoms with van der Waals surface area (Å²) in [5.41, 5.74) is 5.89. The fraction of sp³-hybridized carbons (Fsp3) is 0.667. The van der Waals surface area contributed by atoms with E-state index in [0.29, 0.717) is 0 Å². The molecule has 0 fully saturated rings. The molecule has 1 rings (SSSR count). The van der Waals surface area contributed by atoms with Crippen LogP contribution in [0.4, 0.5) is 0 Å². The van der Waals surface area contributed by atoms with E-state index in [4.69, 9.17) is 5.73 Å². The first-order valence-corrected chi connectivity index (χ1v) is 7.87. The van der Waals surface area contributed by atoms with E-state index in [2.05, 4.69) is 13.8 Å². The lowest BCUT2D eigenvalue weighted by molar-refractivity contribution is 0.336. The summed E-state index contributed by atoms with van der Waals surface area (Å²) in [6, 6.07) is 3.90. The minimum atomic E-state index is -0.795. The van der Waals surface area contributed by atoms with Crippen molar-refractivity contribution in [3.05, 3.63) is 17.5 Å². The fourth-order valence-corrected chi connectivity index (χ4v) is 3.62. The van der Waals surface area contributed by atoms with Crippen molar-refractivity contribution in [3.63, 3.8) is 0 Å². The molecule has 0 spiro atoms. The van der Waals surface area contributed by atoms with Gasteiger partial charge in [-0.3, -0.25) is 4.21 Å². The monoisotopic (exact) mass is 259 g/mol. The van der Waals surface area contributed by atoms with Crippen molar-refractivity contribution < 1.29 is 4.21 Å². The lowest BCUT2D eigenvalue weighted by atomic mass is 9.88. The van der Waals surface area contributed by atoms with Crippen molar-refractivity contribution in [1.82, 2.24) is 0 Å². The van der Waals surface area contributed by atoms with Gasteiger partial charge in [-0.1, -0.05) is 26.3 Å². The van der Waals surface area contributed by atoms with E-state index >= 15 is 0 Å². The Morgan fingerprint density at radius 2 is 2.19 bits per heavy atom. The second kappa shape index (κ2) is 6.52. The Labute approximate surface area is 105 Å². The molecular formula is C12H21NOS2. The first-order valence-electron chi connectivity index (χ1n) is 5.67. The molecular weight excluding hydrogens is 238 g/mol. The molecule has 1 aromatic heterocycles. The molecule has 1 atom stereocenters. The van der Waals surface area contributed by atoms with Gasteiger partial charge >= 0.3 is 0 Å². The normalized spacial score (nSPS) is 13.9. The van der Waals surface area contributed by atoms with Crippen molar-refractivity contribution in [2.24, 2.45) is 11.1 Å². The molecule has 0 aliphatic heterocycles. The van der Waals surface area contributed by atoms with Gasteiger partial charge in [0.05, 0.1) is 15.0 Å². The smallest absolute Gasteiger partial charge is 0.0910 e. The maximum Gasteiger partial charge on any atom is 0.0910 e. The minimum Gasteiger partial charge on any atom is -0.330 e. The predicted octanol–water partition coefficient (Wildman–Crippen LogP) is 3.01. The van der Waals surface area contributed by atoms with Gasteiger partial charge in [0.1, 0.15) is 0 Å². The summed E-state index contributed by atoms with van der Waals surface area (Å²) in [6.45, 7) is 5.09. The Morgan fingerprint density at radius 1 is 1.44 bits per heavy atom. The summed E-state index contributed by atoms with van der Waals surface area (Å²) in [5, 5.41) is 1.98. The maximum atomic E-state index is 11.8. The van der Waals surface area contributed by atoms with Crippen LogP contribution in [0.1, 0.15) is 33.1 Å². The third-order valence-corrected chi connectivity index (χ3v) is 5.46. The van der Waals surface area contributed by atoms with Gasteiger partial charge in [0.2, 0.25) is 0 Å². The molecule has 0 amide bonds. The van der Waals surface area contributed by atoms with E-state index in [9.17, 15) is 4.21 Å². The zero-order valence-electron chi connectivity index (χ0n) is 10.1. The highest BCUT2D eigenvalue weighted by Crippen LogP contribution is 2.22. The third kappa shape index (κ3) is 4.76. The Hall–Kier alpha value is -0.190. The van der Waals surface area contributed by atoms with Crippen LogP contribution < -0.4 is 5.73 Å². The molecule has 0 aliphatic carbocycles. The van der Waals surface area contributed by atoms with Crippen LogP contribution in [-0.2, 0) is 10.8 Å². The highest BCUT2D eigenvalue weighted by atomic mass is 32.2. The molecule has 0 aliphatic rings. The average molecular weight is 259 g/mol. The van der Waals surface area contributed by atoms with Crippen LogP contribution in [-0.4, -0.2) is 16.5 Å². The van der Waals surface area contributed by atoms with Gasteiger partial charge in [-0.15, -0.1) is 11.3 Å². The SMILES string of the molecule is CC(C)(CN)CCCCS(=O)c1cccs1. The molecule has 2 nitrogen and oxygen atoms in total. The van der Waals surface area contributed by atoms with Crippen LogP contribution in [0.3, 0.4) is 0 Å². The minimum absolute atomic E-state index is 0.227. The molecule has 16 heavy (non-hydrogen) atoms. The topological polar surface area (TPSA) is 43.1 Å². The quantitative estimate of drug-likeness (QED) is 0.765. The molecule has 0 aromatic carbocycles. The third-order valence-electron chi connectivity index (χ3n) is 2.71. The van der Waals surface area contributed by atoms with Crippen LogP contribution in [0.5, 0.6) is 0 Å². The predicted molar refractivity (Wildman–Crippen MR) is 72.3 cm³/mol. The fourth-order valence-electron chi connectivity index (χ4n) is 1.43. The number of unbranched alkanes of at least 4 members (excludes halogenated alkanes) is 1. The van der Waals surface area contributed by atoms with E-state index in [-0.39, 0.29) is 5.41 Å². The molecule has 1 aromatic rings. The molecule has 1 unspecified atom stereocenters. The molecule has 0 bridgehead atoms. The molecule has 0 saturated heterocycles. The van der Waals surface area contributed by atoms with Crippen LogP contribution in [0.25, 0.3) is 0 Å². The first-order chi connectivity index (χ1) is 7.55. The van der Waals surface area contributed by atoms with E-state index in [1.54, 1.807) is 11.3 Å². The second-order valence-corrected chi connectivity index (χ2v) is 7.55. The molecule has 0 saturated carbocycles. The Morgan fingerprint density at radius 3 is 2.75 bits per heavy atom. The van der Waals surface area contributed by atoms with E-state index in [1.165, 1.54) is 0 Å². The largest absolute Gasteiger partial charge is 0.330 e.